The van der Waals surface area contributed by atoms with Crippen molar-refractivity contribution in [3.05, 3.63) is 0 Å². The fourth-order valence-corrected chi connectivity index (χ4v) is 2.67. The summed E-state index contributed by atoms with van der Waals surface area (Å²) in [4.78, 5) is 2.60. The largest absolute Gasteiger partial charge is 0.381 e. The maximum absolute atomic E-state index is 5.40. The molecule has 2 rings (SSSR count). The Hall–Kier alpha value is -0.120. The van der Waals surface area contributed by atoms with Crippen molar-refractivity contribution in [3.8, 4) is 0 Å². The van der Waals surface area contributed by atoms with E-state index in [9.17, 15) is 0 Å². The molecule has 0 spiro atoms. The molecule has 1 N–H and O–H groups in total. The molecule has 3 heteroatoms. The molecule has 2 unspecified atom stereocenters. The summed E-state index contributed by atoms with van der Waals surface area (Å²) < 4.78 is 5.40. The van der Waals surface area contributed by atoms with Gasteiger partial charge in [-0.25, -0.2) is 0 Å². The number of hydrogen-bond acceptors (Lipinski definition) is 3. The van der Waals surface area contributed by atoms with Crippen molar-refractivity contribution < 1.29 is 4.74 Å². The molecule has 0 bridgehead atoms. The van der Waals surface area contributed by atoms with Gasteiger partial charge in [-0.1, -0.05) is 6.92 Å². The number of rotatable bonds is 5. The third kappa shape index (κ3) is 3.44. The van der Waals surface area contributed by atoms with E-state index in [2.05, 4.69) is 17.1 Å². The zero-order valence-corrected chi connectivity index (χ0v) is 9.87. The van der Waals surface area contributed by atoms with Gasteiger partial charge in [0.15, 0.2) is 0 Å². The highest BCUT2D eigenvalue weighted by Crippen LogP contribution is 2.18. The average Bonchev–Trinajstić information content (AvgIpc) is 2.85. The Morgan fingerprint density at radius 1 is 1.40 bits per heavy atom. The Kier molecular flexibility index (Phi) is 4.42. The number of ether oxygens (including phenoxy) is 1. The summed E-state index contributed by atoms with van der Waals surface area (Å²) in [6, 6.07) is 0.745. The van der Waals surface area contributed by atoms with Gasteiger partial charge in [0, 0.05) is 25.8 Å². The van der Waals surface area contributed by atoms with Gasteiger partial charge in [0.2, 0.25) is 0 Å². The number of likely N-dealkylation sites (tertiary alicyclic amines) is 1. The van der Waals surface area contributed by atoms with Crippen molar-refractivity contribution >= 4 is 0 Å². The van der Waals surface area contributed by atoms with Gasteiger partial charge in [0.1, 0.15) is 0 Å². The molecule has 0 aromatic rings. The highest BCUT2D eigenvalue weighted by molar-refractivity contribution is 4.81. The van der Waals surface area contributed by atoms with Crippen LogP contribution in [0.2, 0.25) is 0 Å². The van der Waals surface area contributed by atoms with Gasteiger partial charge in [-0.3, -0.25) is 0 Å². The van der Waals surface area contributed by atoms with Crippen molar-refractivity contribution in [2.75, 3.05) is 39.4 Å². The molecule has 0 radical (unpaired) electrons. The summed E-state index contributed by atoms with van der Waals surface area (Å²) in [6.07, 6.45) is 3.94. The standard InChI is InChI=1S/C12H24N2O/c1-2-13-12-4-7-14(9-12)6-3-11-5-8-15-10-11/h11-13H,2-10H2,1H3. The Labute approximate surface area is 93.2 Å². The van der Waals surface area contributed by atoms with Crippen LogP contribution in [-0.4, -0.2) is 50.3 Å². The summed E-state index contributed by atoms with van der Waals surface area (Å²) >= 11 is 0. The van der Waals surface area contributed by atoms with E-state index < -0.39 is 0 Å². The number of nitrogens with zero attached hydrogens (tertiary/aromatic N) is 1. The van der Waals surface area contributed by atoms with Gasteiger partial charge in [-0.15, -0.1) is 0 Å². The fourth-order valence-electron chi connectivity index (χ4n) is 2.67. The molecule has 0 saturated carbocycles. The van der Waals surface area contributed by atoms with E-state index in [4.69, 9.17) is 4.74 Å². The topological polar surface area (TPSA) is 24.5 Å². The SMILES string of the molecule is CCNC1CCN(CCC2CCOC2)C1. The minimum absolute atomic E-state index is 0.745. The van der Waals surface area contributed by atoms with Gasteiger partial charge in [0.05, 0.1) is 0 Å². The summed E-state index contributed by atoms with van der Waals surface area (Å²) in [7, 11) is 0. The molecule has 2 atom stereocenters. The van der Waals surface area contributed by atoms with Crippen molar-refractivity contribution in [1.29, 1.82) is 0 Å². The van der Waals surface area contributed by atoms with Crippen molar-refractivity contribution in [1.82, 2.24) is 10.2 Å². The molecule has 0 aromatic heterocycles. The second kappa shape index (κ2) is 5.83. The molecule has 0 amide bonds. The van der Waals surface area contributed by atoms with Crippen LogP contribution >= 0.6 is 0 Å². The van der Waals surface area contributed by atoms with E-state index >= 15 is 0 Å². The second-order valence-corrected chi connectivity index (χ2v) is 4.86. The van der Waals surface area contributed by atoms with Crippen LogP contribution in [0.5, 0.6) is 0 Å². The lowest BCUT2D eigenvalue weighted by atomic mass is 10.1. The van der Waals surface area contributed by atoms with Crippen LogP contribution in [0.1, 0.15) is 26.2 Å². The number of nitrogens with one attached hydrogen (secondary N) is 1. The van der Waals surface area contributed by atoms with Crippen LogP contribution in [0, 0.1) is 5.92 Å². The third-order valence-electron chi connectivity index (χ3n) is 3.64. The Bertz CT molecular complexity index is 180. The molecule has 2 heterocycles. The molecule has 0 aromatic carbocycles. The maximum Gasteiger partial charge on any atom is 0.0495 e. The van der Waals surface area contributed by atoms with Crippen LogP contribution < -0.4 is 5.32 Å². The maximum atomic E-state index is 5.40. The van der Waals surface area contributed by atoms with E-state index in [1.807, 2.05) is 0 Å². The summed E-state index contributed by atoms with van der Waals surface area (Å²) in [5.41, 5.74) is 0. The van der Waals surface area contributed by atoms with E-state index in [1.165, 1.54) is 38.9 Å². The van der Waals surface area contributed by atoms with Crippen LogP contribution in [-0.2, 0) is 4.74 Å². The molecule has 0 aliphatic carbocycles. The quantitative estimate of drug-likeness (QED) is 0.738. The van der Waals surface area contributed by atoms with Crippen LogP contribution in [0.4, 0.5) is 0 Å². The first-order valence-electron chi connectivity index (χ1n) is 6.42. The first-order chi connectivity index (χ1) is 7.38. The van der Waals surface area contributed by atoms with Crippen molar-refractivity contribution in [2.45, 2.75) is 32.2 Å². The minimum atomic E-state index is 0.745. The third-order valence-corrected chi connectivity index (χ3v) is 3.64. The number of likely N-dealkylation sites (N-methyl/N-ethyl adjacent to an activating group) is 1. The molecule has 2 fully saturated rings. The Morgan fingerprint density at radius 2 is 2.33 bits per heavy atom. The van der Waals surface area contributed by atoms with Gasteiger partial charge in [-0.05, 0) is 44.8 Å². The lowest BCUT2D eigenvalue weighted by molar-refractivity contribution is 0.180. The lowest BCUT2D eigenvalue weighted by Gasteiger charge is -2.18. The van der Waals surface area contributed by atoms with Gasteiger partial charge >= 0.3 is 0 Å². The van der Waals surface area contributed by atoms with E-state index in [0.717, 1.165) is 31.7 Å². The Balaban J connectivity index is 1.59. The predicted octanol–water partition coefficient (Wildman–Crippen LogP) is 1.10. The zero-order chi connectivity index (χ0) is 10.5. The van der Waals surface area contributed by atoms with Crippen molar-refractivity contribution in [3.63, 3.8) is 0 Å². The predicted molar refractivity (Wildman–Crippen MR) is 62.1 cm³/mol. The highest BCUT2D eigenvalue weighted by atomic mass is 16.5. The van der Waals surface area contributed by atoms with E-state index in [0.29, 0.717) is 0 Å². The number of hydrogen-bond donors (Lipinski definition) is 1. The highest BCUT2D eigenvalue weighted by Gasteiger charge is 2.23. The van der Waals surface area contributed by atoms with Crippen LogP contribution in [0.15, 0.2) is 0 Å². The first-order valence-corrected chi connectivity index (χ1v) is 6.42. The molecule has 2 saturated heterocycles. The van der Waals surface area contributed by atoms with Crippen LogP contribution in [0.25, 0.3) is 0 Å². The monoisotopic (exact) mass is 212 g/mol. The molecular formula is C12H24N2O. The molecule has 15 heavy (non-hydrogen) atoms. The first kappa shape index (κ1) is 11.4. The summed E-state index contributed by atoms with van der Waals surface area (Å²) in [5, 5.41) is 3.54. The lowest BCUT2D eigenvalue weighted by Crippen LogP contribution is -2.33. The Morgan fingerprint density at radius 3 is 3.07 bits per heavy atom. The normalized spacial score (nSPS) is 32.6. The smallest absolute Gasteiger partial charge is 0.0495 e. The van der Waals surface area contributed by atoms with E-state index in [1.54, 1.807) is 0 Å². The van der Waals surface area contributed by atoms with Gasteiger partial charge in [-0.2, -0.15) is 0 Å². The summed E-state index contributed by atoms with van der Waals surface area (Å²) in [5.74, 6) is 0.836. The molecular weight excluding hydrogens is 188 g/mol. The second-order valence-electron chi connectivity index (χ2n) is 4.86. The molecule has 88 valence electrons. The summed E-state index contributed by atoms with van der Waals surface area (Å²) in [6.45, 7) is 9.10. The molecule has 3 nitrogen and oxygen atoms in total. The van der Waals surface area contributed by atoms with E-state index in [-0.39, 0.29) is 0 Å². The van der Waals surface area contributed by atoms with Gasteiger partial charge < -0.3 is 15.0 Å². The van der Waals surface area contributed by atoms with Crippen LogP contribution in [0.3, 0.4) is 0 Å². The zero-order valence-electron chi connectivity index (χ0n) is 9.87. The average molecular weight is 212 g/mol. The molecule has 2 aliphatic rings. The minimum Gasteiger partial charge on any atom is -0.381 e. The molecule has 2 aliphatic heterocycles. The fraction of sp³-hybridized carbons (Fsp3) is 1.00. The van der Waals surface area contributed by atoms with Crippen molar-refractivity contribution in [2.24, 2.45) is 5.92 Å². The van der Waals surface area contributed by atoms with Gasteiger partial charge in [0.25, 0.3) is 0 Å².